The van der Waals surface area contributed by atoms with E-state index in [1.165, 1.54) is 0 Å². The Kier molecular flexibility index (Phi) is 3.31. The second kappa shape index (κ2) is 5.28. The molecule has 0 aliphatic carbocycles. The standard InChI is InChI=1S/C16H14N2O3/c17-15(19)10-5-7-12(8-6-10)18-16(20)14-9-11-3-1-2-4-13(11)21-14/h1-8,14H,9H2,(H2,17,19)(H,18,20). The van der Waals surface area contributed by atoms with Crippen molar-refractivity contribution in [1.29, 1.82) is 0 Å². The molecule has 0 spiro atoms. The van der Waals surface area contributed by atoms with Crippen LogP contribution in [0.5, 0.6) is 5.75 Å². The lowest BCUT2D eigenvalue weighted by Crippen LogP contribution is -2.31. The maximum atomic E-state index is 12.2. The molecular weight excluding hydrogens is 268 g/mol. The van der Waals surface area contributed by atoms with Gasteiger partial charge in [-0.25, -0.2) is 0 Å². The van der Waals surface area contributed by atoms with Crippen molar-refractivity contribution >= 4 is 17.5 Å². The number of nitrogens with two attached hydrogens (primary N) is 1. The fourth-order valence-electron chi connectivity index (χ4n) is 2.27. The predicted molar refractivity (Wildman–Crippen MR) is 78.2 cm³/mol. The van der Waals surface area contributed by atoms with E-state index in [2.05, 4.69) is 5.32 Å². The third kappa shape index (κ3) is 2.72. The van der Waals surface area contributed by atoms with Gasteiger partial charge in [-0.15, -0.1) is 0 Å². The van der Waals surface area contributed by atoms with Crippen LogP contribution in [0.4, 0.5) is 5.69 Å². The molecule has 0 fully saturated rings. The molecule has 0 aromatic heterocycles. The highest BCUT2D eigenvalue weighted by atomic mass is 16.5. The van der Waals surface area contributed by atoms with Crippen LogP contribution in [0.3, 0.4) is 0 Å². The number of nitrogens with one attached hydrogen (secondary N) is 1. The molecule has 0 radical (unpaired) electrons. The summed E-state index contributed by atoms with van der Waals surface area (Å²) in [4.78, 5) is 23.2. The third-order valence-electron chi connectivity index (χ3n) is 3.38. The number of para-hydroxylation sites is 1. The first kappa shape index (κ1) is 13.2. The van der Waals surface area contributed by atoms with E-state index in [4.69, 9.17) is 10.5 Å². The zero-order valence-corrected chi connectivity index (χ0v) is 11.2. The van der Waals surface area contributed by atoms with Crippen LogP contribution in [0.25, 0.3) is 0 Å². The van der Waals surface area contributed by atoms with Crippen LogP contribution in [0.15, 0.2) is 48.5 Å². The van der Waals surface area contributed by atoms with Gasteiger partial charge in [-0.3, -0.25) is 9.59 Å². The number of hydrogen-bond donors (Lipinski definition) is 2. The van der Waals surface area contributed by atoms with Gasteiger partial charge in [0.05, 0.1) is 0 Å². The molecule has 1 aliphatic rings. The van der Waals surface area contributed by atoms with Crippen LogP contribution in [0, 0.1) is 0 Å². The number of anilines is 1. The number of benzene rings is 2. The number of amides is 2. The van der Waals surface area contributed by atoms with Crippen LogP contribution in [0.2, 0.25) is 0 Å². The molecule has 1 aliphatic heterocycles. The van der Waals surface area contributed by atoms with E-state index in [1.54, 1.807) is 24.3 Å². The molecule has 0 saturated heterocycles. The first-order chi connectivity index (χ1) is 10.1. The molecule has 3 N–H and O–H groups in total. The molecule has 1 heterocycles. The molecule has 2 amide bonds. The molecule has 21 heavy (non-hydrogen) atoms. The van der Waals surface area contributed by atoms with Crippen LogP contribution in [0.1, 0.15) is 15.9 Å². The fraction of sp³-hybridized carbons (Fsp3) is 0.125. The van der Waals surface area contributed by atoms with E-state index in [-0.39, 0.29) is 5.91 Å². The summed E-state index contributed by atoms with van der Waals surface area (Å²) in [5, 5.41) is 2.77. The molecule has 0 saturated carbocycles. The Labute approximate surface area is 121 Å². The van der Waals surface area contributed by atoms with Crippen molar-refractivity contribution in [1.82, 2.24) is 0 Å². The average molecular weight is 282 g/mol. The Morgan fingerprint density at radius 1 is 1.10 bits per heavy atom. The summed E-state index contributed by atoms with van der Waals surface area (Å²) < 4.78 is 5.62. The lowest BCUT2D eigenvalue weighted by atomic mass is 10.1. The smallest absolute Gasteiger partial charge is 0.265 e. The van der Waals surface area contributed by atoms with Gasteiger partial charge in [0, 0.05) is 17.7 Å². The summed E-state index contributed by atoms with van der Waals surface area (Å²) in [6.45, 7) is 0. The minimum absolute atomic E-state index is 0.210. The van der Waals surface area contributed by atoms with Crippen molar-refractivity contribution in [3.63, 3.8) is 0 Å². The zero-order chi connectivity index (χ0) is 14.8. The van der Waals surface area contributed by atoms with Crippen molar-refractivity contribution < 1.29 is 14.3 Å². The van der Waals surface area contributed by atoms with Crippen LogP contribution >= 0.6 is 0 Å². The quantitative estimate of drug-likeness (QED) is 0.899. The summed E-state index contributed by atoms with van der Waals surface area (Å²) in [6, 6.07) is 14.0. The first-order valence-corrected chi connectivity index (χ1v) is 6.59. The summed E-state index contributed by atoms with van der Waals surface area (Å²) >= 11 is 0. The molecule has 1 atom stereocenters. The fourth-order valence-corrected chi connectivity index (χ4v) is 2.27. The van der Waals surface area contributed by atoms with Gasteiger partial charge in [0.2, 0.25) is 5.91 Å². The number of primary amides is 1. The van der Waals surface area contributed by atoms with E-state index >= 15 is 0 Å². The zero-order valence-electron chi connectivity index (χ0n) is 11.2. The van der Waals surface area contributed by atoms with Gasteiger partial charge in [0.15, 0.2) is 6.10 Å². The highest BCUT2D eigenvalue weighted by molar-refractivity contribution is 5.96. The lowest BCUT2D eigenvalue weighted by Gasteiger charge is -2.11. The van der Waals surface area contributed by atoms with E-state index in [1.807, 2.05) is 24.3 Å². The van der Waals surface area contributed by atoms with E-state index in [0.29, 0.717) is 17.7 Å². The van der Waals surface area contributed by atoms with Crippen LogP contribution in [-0.2, 0) is 11.2 Å². The third-order valence-corrected chi connectivity index (χ3v) is 3.38. The van der Waals surface area contributed by atoms with E-state index in [0.717, 1.165) is 11.3 Å². The van der Waals surface area contributed by atoms with Gasteiger partial charge in [0.1, 0.15) is 5.75 Å². The predicted octanol–water partition coefficient (Wildman–Crippen LogP) is 1.73. The Bertz CT molecular complexity index is 670. The number of hydrogen-bond acceptors (Lipinski definition) is 3. The lowest BCUT2D eigenvalue weighted by molar-refractivity contribution is -0.122. The highest BCUT2D eigenvalue weighted by Crippen LogP contribution is 2.28. The molecule has 2 aromatic carbocycles. The number of ether oxygens (including phenoxy) is 1. The van der Waals surface area contributed by atoms with Gasteiger partial charge in [0.25, 0.3) is 5.91 Å². The largest absolute Gasteiger partial charge is 0.480 e. The average Bonchev–Trinajstić information content (AvgIpc) is 2.92. The number of carbonyl (C=O) groups is 2. The molecule has 106 valence electrons. The Morgan fingerprint density at radius 3 is 2.48 bits per heavy atom. The minimum Gasteiger partial charge on any atom is -0.480 e. The van der Waals surface area contributed by atoms with Crippen molar-refractivity contribution in [3.8, 4) is 5.75 Å². The number of carbonyl (C=O) groups excluding carboxylic acids is 2. The second-order valence-corrected chi connectivity index (χ2v) is 4.85. The summed E-state index contributed by atoms with van der Waals surface area (Å²) in [7, 11) is 0. The monoisotopic (exact) mass is 282 g/mol. The Morgan fingerprint density at radius 2 is 1.81 bits per heavy atom. The molecular formula is C16H14N2O3. The van der Waals surface area contributed by atoms with E-state index in [9.17, 15) is 9.59 Å². The van der Waals surface area contributed by atoms with Crippen molar-refractivity contribution in [3.05, 3.63) is 59.7 Å². The SMILES string of the molecule is NC(=O)c1ccc(NC(=O)C2Cc3ccccc3O2)cc1. The molecule has 5 heteroatoms. The molecule has 3 rings (SSSR count). The minimum atomic E-state index is -0.529. The Hall–Kier alpha value is -2.82. The van der Waals surface area contributed by atoms with Crippen molar-refractivity contribution in [2.24, 2.45) is 5.73 Å². The van der Waals surface area contributed by atoms with Gasteiger partial charge in [-0.1, -0.05) is 18.2 Å². The van der Waals surface area contributed by atoms with Crippen molar-refractivity contribution in [2.45, 2.75) is 12.5 Å². The molecule has 2 aromatic rings. The maximum absolute atomic E-state index is 12.2. The topological polar surface area (TPSA) is 81.4 Å². The highest BCUT2D eigenvalue weighted by Gasteiger charge is 2.28. The first-order valence-electron chi connectivity index (χ1n) is 6.59. The van der Waals surface area contributed by atoms with Gasteiger partial charge in [-0.05, 0) is 35.9 Å². The number of rotatable bonds is 3. The summed E-state index contributed by atoms with van der Waals surface area (Å²) in [6.07, 6.45) is 0.0275. The summed E-state index contributed by atoms with van der Waals surface area (Å²) in [5.74, 6) is 0.0437. The van der Waals surface area contributed by atoms with Crippen LogP contribution in [-0.4, -0.2) is 17.9 Å². The van der Waals surface area contributed by atoms with Crippen LogP contribution < -0.4 is 15.8 Å². The summed E-state index contributed by atoms with van der Waals surface area (Å²) in [5.41, 5.74) is 7.20. The second-order valence-electron chi connectivity index (χ2n) is 4.85. The van der Waals surface area contributed by atoms with E-state index < -0.39 is 12.0 Å². The molecule has 5 nitrogen and oxygen atoms in total. The number of fused-ring (bicyclic) bond motifs is 1. The maximum Gasteiger partial charge on any atom is 0.265 e. The van der Waals surface area contributed by atoms with Crippen molar-refractivity contribution in [2.75, 3.05) is 5.32 Å². The van der Waals surface area contributed by atoms with Gasteiger partial charge < -0.3 is 15.8 Å². The Balaban J connectivity index is 1.66. The normalized spacial score (nSPS) is 15.9. The van der Waals surface area contributed by atoms with Gasteiger partial charge in [-0.2, -0.15) is 0 Å². The van der Waals surface area contributed by atoms with Gasteiger partial charge >= 0.3 is 0 Å². The molecule has 0 bridgehead atoms. The molecule has 1 unspecified atom stereocenters.